The maximum Gasteiger partial charge on any atom is 0.264 e. The van der Waals surface area contributed by atoms with Crippen LogP contribution in [-0.4, -0.2) is 31.6 Å². The molecule has 0 spiro atoms. The predicted molar refractivity (Wildman–Crippen MR) is 112 cm³/mol. The van der Waals surface area contributed by atoms with Crippen LogP contribution in [-0.2, 0) is 4.79 Å². The minimum Gasteiger partial charge on any atom is -0.497 e. The minimum atomic E-state index is -1.01. The van der Waals surface area contributed by atoms with Gasteiger partial charge in [0.15, 0.2) is 5.78 Å². The van der Waals surface area contributed by atoms with Gasteiger partial charge in [0.05, 0.1) is 30.5 Å². The lowest BCUT2D eigenvalue weighted by Crippen LogP contribution is -2.33. The van der Waals surface area contributed by atoms with Crippen LogP contribution >= 0.6 is 11.3 Å². The normalized spacial score (nSPS) is 15.9. The van der Waals surface area contributed by atoms with Gasteiger partial charge in [0.25, 0.3) is 5.91 Å². The molecular weight excluding hydrogens is 388 g/mol. The molecule has 1 atom stereocenters. The molecule has 0 aliphatic carbocycles. The molecule has 0 unspecified atom stereocenters. The quantitative estimate of drug-likeness (QED) is 0.458. The van der Waals surface area contributed by atoms with Crippen molar-refractivity contribution in [1.29, 1.82) is 0 Å². The number of ketones is 1. The molecule has 0 N–H and O–H groups in total. The topological polar surface area (TPSA) is 68.2 Å². The van der Waals surface area contributed by atoms with Crippen LogP contribution in [0.3, 0.4) is 0 Å². The van der Waals surface area contributed by atoms with Crippen molar-refractivity contribution in [3.05, 3.63) is 76.5 Å². The number of rotatable bonds is 6. The lowest BCUT2D eigenvalue weighted by Gasteiger charge is -2.14. The van der Waals surface area contributed by atoms with Gasteiger partial charge in [-0.2, -0.15) is 10.1 Å². The molecule has 0 saturated carbocycles. The van der Waals surface area contributed by atoms with E-state index in [1.807, 2.05) is 17.5 Å². The van der Waals surface area contributed by atoms with E-state index in [1.54, 1.807) is 62.8 Å². The van der Waals surface area contributed by atoms with Crippen LogP contribution in [0.25, 0.3) is 0 Å². The van der Waals surface area contributed by atoms with Crippen LogP contribution in [0.4, 0.5) is 5.69 Å². The molecule has 29 heavy (non-hydrogen) atoms. The van der Waals surface area contributed by atoms with Crippen molar-refractivity contribution in [2.75, 3.05) is 19.2 Å². The lowest BCUT2D eigenvalue weighted by molar-refractivity contribution is -0.118. The van der Waals surface area contributed by atoms with Crippen LogP contribution < -0.4 is 14.5 Å². The molecule has 1 aliphatic rings. The van der Waals surface area contributed by atoms with E-state index in [1.165, 1.54) is 16.3 Å². The Morgan fingerprint density at radius 1 is 1.00 bits per heavy atom. The molecule has 0 radical (unpaired) electrons. The Bertz CT molecular complexity index is 1070. The molecule has 1 amide bonds. The molecule has 6 nitrogen and oxygen atoms in total. The van der Waals surface area contributed by atoms with Crippen molar-refractivity contribution in [3.8, 4) is 11.5 Å². The Kier molecular flexibility index (Phi) is 5.14. The number of hydrazone groups is 1. The number of nitrogens with zero attached hydrogens (tertiary/aromatic N) is 2. The molecule has 0 fully saturated rings. The smallest absolute Gasteiger partial charge is 0.264 e. The summed E-state index contributed by atoms with van der Waals surface area (Å²) in [6.07, 6.45) is 0. The van der Waals surface area contributed by atoms with Gasteiger partial charge in [0, 0.05) is 5.56 Å². The van der Waals surface area contributed by atoms with E-state index in [-0.39, 0.29) is 11.7 Å². The Morgan fingerprint density at radius 3 is 2.41 bits per heavy atom. The Labute approximate surface area is 172 Å². The molecule has 7 heteroatoms. The molecular formula is C22H18N2O4S. The number of Topliss-reactive ketones (excluding diaryl/α,β-unsaturated/α-hetero) is 1. The van der Waals surface area contributed by atoms with E-state index in [0.29, 0.717) is 33.3 Å². The highest BCUT2D eigenvalue weighted by atomic mass is 32.1. The van der Waals surface area contributed by atoms with Crippen molar-refractivity contribution in [2.45, 2.75) is 0 Å². The second kappa shape index (κ2) is 7.89. The van der Waals surface area contributed by atoms with Crippen LogP contribution in [0.2, 0.25) is 0 Å². The van der Waals surface area contributed by atoms with Crippen LogP contribution in [0.1, 0.15) is 15.2 Å². The van der Waals surface area contributed by atoms with Crippen molar-refractivity contribution in [2.24, 2.45) is 11.0 Å². The molecule has 1 aliphatic heterocycles. The number of hydrogen-bond donors (Lipinski definition) is 0. The van der Waals surface area contributed by atoms with Gasteiger partial charge in [-0.05, 0) is 47.8 Å². The van der Waals surface area contributed by atoms with Gasteiger partial charge in [-0.15, -0.1) is 11.3 Å². The highest BCUT2D eigenvalue weighted by Crippen LogP contribution is 2.31. The molecule has 146 valence electrons. The molecule has 1 aromatic heterocycles. The molecule has 2 aromatic carbocycles. The van der Waals surface area contributed by atoms with E-state index in [4.69, 9.17) is 9.47 Å². The van der Waals surface area contributed by atoms with Gasteiger partial charge in [0.2, 0.25) is 0 Å². The molecule has 2 heterocycles. The third-order valence-electron chi connectivity index (χ3n) is 4.65. The molecule has 3 aromatic rings. The Morgan fingerprint density at radius 2 is 1.76 bits per heavy atom. The van der Waals surface area contributed by atoms with Gasteiger partial charge in [-0.3, -0.25) is 9.59 Å². The van der Waals surface area contributed by atoms with Gasteiger partial charge in [-0.25, -0.2) is 0 Å². The number of carbonyl (C=O) groups excluding carboxylic acids is 2. The van der Waals surface area contributed by atoms with E-state index in [9.17, 15) is 9.59 Å². The largest absolute Gasteiger partial charge is 0.497 e. The average molecular weight is 406 g/mol. The summed E-state index contributed by atoms with van der Waals surface area (Å²) in [5.74, 6) is -0.358. The van der Waals surface area contributed by atoms with E-state index in [2.05, 4.69) is 5.10 Å². The number of ether oxygens (including phenoxy) is 2. The summed E-state index contributed by atoms with van der Waals surface area (Å²) in [6, 6.07) is 17.7. The number of thiophene rings is 1. The maximum absolute atomic E-state index is 13.3. The zero-order chi connectivity index (χ0) is 20.4. The Balaban J connectivity index is 1.79. The zero-order valence-electron chi connectivity index (χ0n) is 15.9. The molecule has 0 bridgehead atoms. The standard InChI is InChI=1S/C22H18N2O4S/c1-27-16-10-8-15(9-11-16)24-22(26)19(21(25)18-7-4-12-29-18)20(23-24)14-5-3-6-17(13-14)28-2/h3-13,19H,1-2H3/t19-/m0/s1. The van der Waals surface area contributed by atoms with Crippen molar-refractivity contribution in [3.63, 3.8) is 0 Å². The predicted octanol–water partition coefficient (Wildman–Crippen LogP) is 4.02. The fraction of sp³-hybridized carbons (Fsp3) is 0.136. The summed E-state index contributed by atoms with van der Waals surface area (Å²) < 4.78 is 10.5. The highest BCUT2D eigenvalue weighted by Gasteiger charge is 2.43. The summed E-state index contributed by atoms with van der Waals surface area (Å²) in [4.78, 5) is 27.0. The highest BCUT2D eigenvalue weighted by molar-refractivity contribution is 7.12. The number of methoxy groups -OCH3 is 2. The monoisotopic (exact) mass is 406 g/mol. The van der Waals surface area contributed by atoms with Gasteiger partial charge in [-0.1, -0.05) is 18.2 Å². The first-order valence-electron chi connectivity index (χ1n) is 8.91. The van der Waals surface area contributed by atoms with Crippen molar-refractivity contribution < 1.29 is 19.1 Å². The van der Waals surface area contributed by atoms with E-state index < -0.39 is 5.92 Å². The van der Waals surface area contributed by atoms with Crippen molar-refractivity contribution in [1.82, 2.24) is 0 Å². The molecule has 4 rings (SSSR count). The van der Waals surface area contributed by atoms with Crippen molar-refractivity contribution >= 4 is 34.4 Å². The second-order valence-electron chi connectivity index (χ2n) is 6.34. The third kappa shape index (κ3) is 3.52. The van der Waals surface area contributed by atoms with E-state index >= 15 is 0 Å². The fourth-order valence-corrected chi connectivity index (χ4v) is 3.86. The summed E-state index contributed by atoms with van der Waals surface area (Å²) in [5, 5.41) is 7.64. The zero-order valence-corrected chi connectivity index (χ0v) is 16.7. The number of hydrogen-bond acceptors (Lipinski definition) is 6. The first-order chi connectivity index (χ1) is 14.1. The third-order valence-corrected chi connectivity index (χ3v) is 5.53. The number of benzene rings is 2. The number of anilines is 1. The number of amides is 1. The van der Waals surface area contributed by atoms with Crippen LogP contribution in [0.15, 0.2) is 71.1 Å². The van der Waals surface area contributed by atoms with Gasteiger partial charge in [0.1, 0.15) is 17.4 Å². The first kappa shape index (κ1) is 18.9. The van der Waals surface area contributed by atoms with Gasteiger partial charge >= 0.3 is 0 Å². The summed E-state index contributed by atoms with van der Waals surface area (Å²) >= 11 is 1.31. The second-order valence-corrected chi connectivity index (χ2v) is 7.29. The SMILES string of the molecule is COc1ccc(N2N=C(c3cccc(OC)c3)[C@@H](C(=O)c3cccs3)C2=O)cc1. The average Bonchev–Trinajstić information content (AvgIpc) is 3.42. The molecule has 0 saturated heterocycles. The van der Waals surface area contributed by atoms with E-state index in [0.717, 1.165) is 0 Å². The summed E-state index contributed by atoms with van der Waals surface area (Å²) in [5.41, 5.74) is 1.64. The lowest BCUT2D eigenvalue weighted by atomic mass is 9.92. The summed E-state index contributed by atoms with van der Waals surface area (Å²) in [7, 11) is 3.14. The Hall–Kier alpha value is -3.45. The van der Waals surface area contributed by atoms with Crippen LogP contribution in [0, 0.1) is 5.92 Å². The summed E-state index contributed by atoms with van der Waals surface area (Å²) in [6.45, 7) is 0. The number of carbonyl (C=O) groups is 2. The maximum atomic E-state index is 13.3. The van der Waals surface area contributed by atoms with Crippen LogP contribution in [0.5, 0.6) is 11.5 Å². The fourth-order valence-electron chi connectivity index (χ4n) is 3.17. The van der Waals surface area contributed by atoms with Gasteiger partial charge < -0.3 is 9.47 Å². The first-order valence-corrected chi connectivity index (χ1v) is 9.79. The minimum absolute atomic E-state index is 0.261.